The summed E-state index contributed by atoms with van der Waals surface area (Å²) in [6.45, 7) is 4.55. The molecule has 1 heterocycles. The van der Waals surface area contributed by atoms with E-state index < -0.39 is 5.91 Å². The number of carbonyl (C=O) groups is 2. The molecular formula is C25H27ClN4O4. The van der Waals surface area contributed by atoms with Crippen LogP contribution < -0.4 is 25.4 Å². The molecule has 0 bridgehead atoms. The van der Waals surface area contributed by atoms with Crippen LogP contribution in [-0.2, 0) is 4.79 Å². The maximum absolute atomic E-state index is 13.0. The van der Waals surface area contributed by atoms with Gasteiger partial charge in [-0.15, -0.1) is 0 Å². The Morgan fingerprint density at radius 2 is 1.88 bits per heavy atom. The van der Waals surface area contributed by atoms with E-state index in [0.717, 1.165) is 5.75 Å². The van der Waals surface area contributed by atoms with Crippen LogP contribution in [0.4, 0.5) is 17.2 Å². The highest BCUT2D eigenvalue weighted by molar-refractivity contribution is 6.33. The van der Waals surface area contributed by atoms with Gasteiger partial charge >= 0.3 is 0 Å². The molecule has 9 heteroatoms. The van der Waals surface area contributed by atoms with Crippen LogP contribution in [0.3, 0.4) is 0 Å². The van der Waals surface area contributed by atoms with E-state index in [4.69, 9.17) is 26.8 Å². The summed E-state index contributed by atoms with van der Waals surface area (Å²) in [5, 5.41) is 3.18. The Balaban J connectivity index is 1.88. The largest absolute Gasteiger partial charge is 0.495 e. The molecule has 0 spiro atoms. The Morgan fingerprint density at radius 3 is 2.50 bits per heavy atom. The molecule has 34 heavy (non-hydrogen) atoms. The normalized spacial score (nSPS) is 10.6. The third-order valence-electron chi connectivity index (χ3n) is 4.74. The Hall–Kier alpha value is -3.78. The summed E-state index contributed by atoms with van der Waals surface area (Å²) in [5.41, 5.74) is 6.86. The van der Waals surface area contributed by atoms with E-state index in [1.807, 2.05) is 0 Å². The molecule has 178 valence electrons. The van der Waals surface area contributed by atoms with E-state index in [9.17, 15) is 9.59 Å². The van der Waals surface area contributed by atoms with E-state index >= 15 is 0 Å². The first-order valence-electron chi connectivity index (χ1n) is 10.7. The number of amides is 2. The van der Waals surface area contributed by atoms with Crippen molar-refractivity contribution in [2.24, 2.45) is 11.7 Å². The van der Waals surface area contributed by atoms with Crippen LogP contribution >= 0.6 is 11.6 Å². The van der Waals surface area contributed by atoms with Gasteiger partial charge in [-0.1, -0.05) is 25.4 Å². The average molecular weight is 483 g/mol. The number of pyridine rings is 1. The van der Waals surface area contributed by atoms with E-state index in [1.54, 1.807) is 60.8 Å². The molecule has 2 amide bonds. The smallest absolute Gasteiger partial charge is 0.255 e. The maximum Gasteiger partial charge on any atom is 0.255 e. The second-order valence-corrected chi connectivity index (χ2v) is 8.34. The van der Waals surface area contributed by atoms with Gasteiger partial charge in [0.25, 0.3) is 5.91 Å². The van der Waals surface area contributed by atoms with Crippen molar-refractivity contribution in [3.8, 4) is 11.5 Å². The highest BCUT2D eigenvalue weighted by Crippen LogP contribution is 2.36. The van der Waals surface area contributed by atoms with E-state index in [0.29, 0.717) is 46.1 Å². The van der Waals surface area contributed by atoms with Gasteiger partial charge in [0.05, 0.1) is 24.4 Å². The number of hydrogen-bond acceptors (Lipinski definition) is 6. The first-order chi connectivity index (χ1) is 16.3. The van der Waals surface area contributed by atoms with E-state index in [-0.39, 0.29) is 12.5 Å². The molecule has 0 radical (unpaired) electrons. The minimum Gasteiger partial charge on any atom is -0.495 e. The topological polar surface area (TPSA) is 107 Å². The molecule has 0 unspecified atom stereocenters. The van der Waals surface area contributed by atoms with Gasteiger partial charge in [0, 0.05) is 17.4 Å². The van der Waals surface area contributed by atoms with Crippen molar-refractivity contribution >= 4 is 40.6 Å². The molecule has 1 aromatic heterocycles. The number of carbonyl (C=O) groups excluding carboxylic acids is 2. The predicted molar refractivity (Wildman–Crippen MR) is 133 cm³/mol. The molecule has 8 nitrogen and oxygen atoms in total. The molecule has 0 aliphatic carbocycles. The van der Waals surface area contributed by atoms with Gasteiger partial charge in [0.1, 0.15) is 18.0 Å². The number of aromatic nitrogens is 1. The van der Waals surface area contributed by atoms with Crippen molar-refractivity contribution in [2.45, 2.75) is 13.8 Å². The molecule has 3 aromatic rings. The lowest BCUT2D eigenvalue weighted by atomic mass is 10.1. The van der Waals surface area contributed by atoms with Crippen LogP contribution in [0.1, 0.15) is 24.2 Å². The zero-order valence-electron chi connectivity index (χ0n) is 19.2. The average Bonchev–Trinajstić information content (AvgIpc) is 2.82. The fraction of sp³-hybridized carbons (Fsp3) is 0.240. The summed E-state index contributed by atoms with van der Waals surface area (Å²) in [6.07, 6.45) is 1.55. The quantitative estimate of drug-likeness (QED) is 0.435. The first kappa shape index (κ1) is 24.9. The molecular weight excluding hydrogens is 456 g/mol. The zero-order chi connectivity index (χ0) is 24.7. The second kappa shape index (κ2) is 11.4. The summed E-state index contributed by atoms with van der Waals surface area (Å²) in [5.74, 6) is 0.942. The molecule has 2 aromatic carbocycles. The Labute approximate surface area is 203 Å². The molecule has 0 atom stereocenters. The minimum absolute atomic E-state index is 0.212. The number of ether oxygens (including phenoxy) is 2. The van der Waals surface area contributed by atoms with Crippen molar-refractivity contribution in [1.29, 1.82) is 0 Å². The summed E-state index contributed by atoms with van der Waals surface area (Å²) in [6, 6.07) is 15.3. The van der Waals surface area contributed by atoms with Crippen molar-refractivity contribution in [3.05, 3.63) is 71.4 Å². The van der Waals surface area contributed by atoms with Gasteiger partial charge in [-0.3, -0.25) is 9.59 Å². The molecule has 0 saturated carbocycles. The van der Waals surface area contributed by atoms with Crippen LogP contribution in [0.25, 0.3) is 0 Å². The molecule has 0 saturated heterocycles. The van der Waals surface area contributed by atoms with Gasteiger partial charge in [0.15, 0.2) is 5.82 Å². The summed E-state index contributed by atoms with van der Waals surface area (Å²) >= 11 is 6.32. The van der Waals surface area contributed by atoms with Gasteiger partial charge in [-0.05, 0) is 60.5 Å². The Morgan fingerprint density at radius 1 is 1.15 bits per heavy atom. The Kier molecular flexibility index (Phi) is 8.32. The van der Waals surface area contributed by atoms with Crippen LogP contribution in [0.2, 0.25) is 5.02 Å². The van der Waals surface area contributed by atoms with Crippen molar-refractivity contribution in [1.82, 2.24) is 4.98 Å². The van der Waals surface area contributed by atoms with E-state index in [1.165, 1.54) is 12.0 Å². The minimum atomic E-state index is -0.599. The lowest BCUT2D eigenvalue weighted by Gasteiger charge is -2.25. The highest BCUT2D eigenvalue weighted by Gasteiger charge is 2.22. The van der Waals surface area contributed by atoms with Crippen LogP contribution in [0, 0.1) is 5.92 Å². The van der Waals surface area contributed by atoms with Crippen molar-refractivity contribution in [2.75, 3.05) is 30.5 Å². The van der Waals surface area contributed by atoms with Gasteiger partial charge in [-0.2, -0.15) is 0 Å². The van der Waals surface area contributed by atoms with Gasteiger partial charge < -0.3 is 25.4 Å². The number of halogens is 1. The van der Waals surface area contributed by atoms with Crippen LogP contribution in [0.15, 0.2) is 60.8 Å². The summed E-state index contributed by atoms with van der Waals surface area (Å²) in [7, 11) is 1.49. The summed E-state index contributed by atoms with van der Waals surface area (Å²) in [4.78, 5) is 30.6. The van der Waals surface area contributed by atoms with Gasteiger partial charge in [0.2, 0.25) is 5.91 Å². The lowest BCUT2D eigenvalue weighted by Crippen LogP contribution is -2.31. The fourth-order valence-electron chi connectivity index (χ4n) is 3.15. The zero-order valence-corrected chi connectivity index (χ0v) is 20.0. The van der Waals surface area contributed by atoms with Crippen LogP contribution in [0.5, 0.6) is 11.5 Å². The molecule has 0 aliphatic heterocycles. The highest BCUT2D eigenvalue weighted by atomic mass is 35.5. The van der Waals surface area contributed by atoms with Gasteiger partial charge in [-0.25, -0.2) is 4.98 Å². The van der Waals surface area contributed by atoms with Crippen molar-refractivity contribution < 1.29 is 19.1 Å². The number of hydrogen-bond donors (Lipinski definition) is 2. The number of nitrogens with one attached hydrogen (secondary N) is 1. The number of nitrogens with two attached hydrogens (primary N) is 1. The number of rotatable bonds is 10. The maximum atomic E-state index is 13.0. The molecule has 0 aliphatic rings. The fourth-order valence-corrected chi connectivity index (χ4v) is 3.37. The monoisotopic (exact) mass is 482 g/mol. The SMILES string of the molecule is COc1ccc(C(=O)Nc2ccc(OCC(C)C)cc2)cc1N(CC(N)=O)c1ncccc1Cl. The second-order valence-electron chi connectivity index (χ2n) is 7.93. The van der Waals surface area contributed by atoms with Crippen LogP contribution in [-0.4, -0.2) is 37.1 Å². The number of anilines is 3. The van der Waals surface area contributed by atoms with Crippen molar-refractivity contribution in [3.63, 3.8) is 0 Å². The number of primary amides is 1. The number of benzene rings is 2. The first-order valence-corrected chi connectivity index (χ1v) is 11.0. The molecule has 3 rings (SSSR count). The van der Waals surface area contributed by atoms with E-state index in [2.05, 4.69) is 24.1 Å². The lowest BCUT2D eigenvalue weighted by molar-refractivity contribution is -0.116. The number of methoxy groups -OCH3 is 1. The summed E-state index contributed by atoms with van der Waals surface area (Å²) < 4.78 is 11.1. The molecule has 3 N–H and O–H groups in total. The Bertz CT molecular complexity index is 1150. The predicted octanol–water partition coefficient (Wildman–Crippen LogP) is 4.65. The number of nitrogens with zero attached hydrogens (tertiary/aromatic N) is 2. The standard InChI is InChI=1S/C25H27ClN4O4/c1-16(2)15-34-19-9-7-18(8-10-19)29-25(32)17-6-11-22(33-3)21(13-17)30(14-23(27)31)24-20(26)5-4-12-28-24/h4-13,16H,14-15H2,1-3H3,(H2,27,31)(H,29,32). The molecule has 0 fully saturated rings. The third-order valence-corrected chi connectivity index (χ3v) is 5.03. The third kappa shape index (κ3) is 6.39.